The lowest BCUT2D eigenvalue weighted by Crippen LogP contribution is -1.85. The highest BCUT2D eigenvalue weighted by atomic mass is 16.5. The van der Waals surface area contributed by atoms with Gasteiger partial charge in [-0.2, -0.15) is 0 Å². The van der Waals surface area contributed by atoms with E-state index in [2.05, 4.69) is 49.1 Å². The molecule has 0 heterocycles. The van der Waals surface area contributed by atoms with Crippen molar-refractivity contribution in [3.63, 3.8) is 0 Å². The summed E-state index contributed by atoms with van der Waals surface area (Å²) in [5, 5.41) is 0. The molecule has 0 aromatic heterocycles. The fraction of sp³-hybridized carbons (Fsp3) is 0.238. The Bertz CT molecular complexity index is 676. The van der Waals surface area contributed by atoms with Crippen molar-refractivity contribution in [3.8, 4) is 30.1 Å². The first-order valence-electron chi connectivity index (χ1n) is 7.65. The van der Waals surface area contributed by atoms with Crippen LogP contribution in [0.25, 0.3) is 0 Å². The van der Waals surface area contributed by atoms with E-state index in [9.17, 15) is 0 Å². The molecule has 0 radical (unpaired) electrons. The number of hydrogen-bond donors (Lipinski definition) is 0. The number of hydrogen-bond acceptors (Lipinski definition) is 1. The predicted octanol–water partition coefficient (Wildman–Crippen LogP) is 4.79. The zero-order chi connectivity index (χ0) is 15.6. The molecule has 0 fully saturated rings. The molecule has 0 unspecified atom stereocenters. The summed E-state index contributed by atoms with van der Waals surface area (Å²) in [5.74, 6) is 6.98. The number of rotatable bonds is 5. The Balaban J connectivity index is 1.97. The summed E-state index contributed by atoms with van der Waals surface area (Å²) in [7, 11) is 0. The smallest absolute Gasteiger partial charge is 0.140 e. The van der Waals surface area contributed by atoms with Crippen molar-refractivity contribution in [2.45, 2.75) is 32.6 Å². The van der Waals surface area contributed by atoms with Gasteiger partial charge in [0, 0.05) is 11.1 Å². The number of unbranched alkanes of at least 4 members (excludes halogenated alkanes) is 2. The monoisotopic (exact) mass is 288 g/mol. The number of benzene rings is 2. The number of terminal acetylenes is 1. The van der Waals surface area contributed by atoms with Crippen LogP contribution in [-0.4, -0.2) is 0 Å². The molecule has 0 atom stereocenters. The van der Waals surface area contributed by atoms with Gasteiger partial charge in [0.2, 0.25) is 0 Å². The van der Waals surface area contributed by atoms with E-state index >= 15 is 0 Å². The van der Waals surface area contributed by atoms with E-state index in [1.54, 1.807) is 0 Å². The number of aryl methyl sites for hydroxylation is 1. The SMILES string of the molecule is C#COc1ccc(C#Cc2ccc(CCCCC)cc2)cc1. The average Bonchev–Trinajstić information content (AvgIpc) is 2.56. The Labute approximate surface area is 133 Å². The van der Waals surface area contributed by atoms with Crippen LogP contribution in [0.1, 0.15) is 42.9 Å². The van der Waals surface area contributed by atoms with Crippen molar-refractivity contribution in [3.05, 3.63) is 65.2 Å². The lowest BCUT2D eigenvalue weighted by molar-refractivity contribution is 0.521. The molecule has 0 N–H and O–H groups in total. The molecule has 0 spiro atoms. The van der Waals surface area contributed by atoms with Crippen molar-refractivity contribution in [1.29, 1.82) is 0 Å². The maximum absolute atomic E-state index is 5.08. The lowest BCUT2D eigenvalue weighted by Gasteiger charge is -2.00. The van der Waals surface area contributed by atoms with Crippen molar-refractivity contribution >= 4 is 0 Å². The minimum Gasteiger partial charge on any atom is -0.408 e. The van der Waals surface area contributed by atoms with Crippen molar-refractivity contribution in [1.82, 2.24) is 0 Å². The Kier molecular flexibility index (Phi) is 6.16. The maximum Gasteiger partial charge on any atom is 0.140 e. The minimum absolute atomic E-state index is 0.657. The molecule has 22 heavy (non-hydrogen) atoms. The van der Waals surface area contributed by atoms with E-state index in [-0.39, 0.29) is 0 Å². The zero-order valence-corrected chi connectivity index (χ0v) is 12.9. The summed E-state index contributed by atoms with van der Waals surface area (Å²) in [4.78, 5) is 0. The van der Waals surface area contributed by atoms with Gasteiger partial charge in [-0.05, 0) is 54.8 Å². The molecule has 0 aliphatic carbocycles. The number of ether oxygens (including phenoxy) is 1. The summed E-state index contributed by atoms with van der Waals surface area (Å²) >= 11 is 0. The van der Waals surface area contributed by atoms with E-state index in [1.165, 1.54) is 24.8 Å². The fourth-order valence-corrected chi connectivity index (χ4v) is 2.15. The van der Waals surface area contributed by atoms with Crippen LogP contribution in [0.3, 0.4) is 0 Å². The van der Waals surface area contributed by atoms with Crippen LogP contribution < -0.4 is 4.74 Å². The van der Waals surface area contributed by atoms with Gasteiger partial charge in [-0.25, -0.2) is 0 Å². The summed E-state index contributed by atoms with van der Waals surface area (Å²) in [6.07, 6.45) is 12.2. The summed E-state index contributed by atoms with van der Waals surface area (Å²) in [5.41, 5.74) is 3.36. The topological polar surface area (TPSA) is 9.23 Å². The van der Waals surface area contributed by atoms with Crippen LogP contribution in [0.15, 0.2) is 48.5 Å². The third-order valence-electron chi connectivity index (χ3n) is 3.41. The molecule has 2 aromatic rings. The van der Waals surface area contributed by atoms with Gasteiger partial charge in [0.15, 0.2) is 0 Å². The molecule has 110 valence electrons. The van der Waals surface area contributed by atoms with Crippen LogP contribution in [0, 0.1) is 24.4 Å². The van der Waals surface area contributed by atoms with E-state index in [4.69, 9.17) is 11.2 Å². The second-order valence-corrected chi connectivity index (χ2v) is 5.15. The highest BCUT2D eigenvalue weighted by Gasteiger charge is 1.94. The molecule has 2 aromatic carbocycles. The highest BCUT2D eigenvalue weighted by Crippen LogP contribution is 2.11. The molecule has 0 bridgehead atoms. The largest absolute Gasteiger partial charge is 0.408 e. The summed E-state index contributed by atoms with van der Waals surface area (Å²) in [6.45, 7) is 2.23. The molecule has 2 rings (SSSR count). The van der Waals surface area contributed by atoms with Gasteiger partial charge in [-0.15, -0.1) is 0 Å². The van der Waals surface area contributed by atoms with Gasteiger partial charge in [-0.3, -0.25) is 0 Å². The van der Waals surface area contributed by atoms with Crippen LogP contribution >= 0.6 is 0 Å². The Morgan fingerprint density at radius 2 is 1.45 bits per heavy atom. The fourth-order valence-electron chi connectivity index (χ4n) is 2.15. The first-order valence-corrected chi connectivity index (χ1v) is 7.65. The highest BCUT2D eigenvalue weighted by molar-refractivity contribution is 5.44. The van der Waals surface area contributed by atoms with Crippen LogP contribution in [0.5, 0.6) is 5.75 Å². The molecular formula is C21H20O. The Morgan fingerprint density at radius 3 is 2.00 bits per heavy atom. The van der Waals surface area contributed by atoms with E-state index < -0.39 is 0 Å². The van der Waals surface area contributed by atoms with Crippen molar-refractivity contribution in [2.24, 2.45) is 0 Å². The Morgan fingerprint density at radius 1 is 0.864 bits per heavy atom. The quantitative estimate of drug-likeness (QED) is 0.568. The summed E-state index contributed by atoms with van der Waals surface area (Å²) < 4.78 is 4.96. The zero-order valence-electron chi connectivity index (χ0n) is 12.9. The standard InChI is InChI=1S/C21H20O/c1-3-5-6-7-18-8-10-19(11-9-18)12-13-20-14-16-21(17-15-20)22-4-2/h2,8-11,14-17H,3,5-7H2,1H3. The second-order valence-electron chi connectivity index (χ2n) is 5.15. The molecule has 0 saturated carbocycles. The van der Waals surface area contributed by atoms with Gasteiger partial charge < -0.3 is 4.74 Å². The van der Waals surface area contributed by atoms with Crippen molar-refractivity contribution < 1.29 is 4.74 Å². The normalized spacial score (nSPS) is 9.45. The third-order valence-corrected chi connectivity index (χ3v) is 3.41. The van der Waals surface area contributed by atoms with Gasteiger partial charge >= 0.3 is 0 Å². The van der Waals surface area contributed by atoms with E-state index in [0.717, 1.165) is 17.5 Å². The van der Waals surface area contributed by atoms with E-state index in [0.29, 0.717) is 5.75 Å². The molecule has 1 heteroatoms. The Hall–Kier alpha value is -2.64. The molecular weight excluding hydrogens is 268 g/mol. The lowest BCUT2D eigenvalue weighted by atomic mass is 10.1. The molecule has 1 nitrogen and oxygen atoms in total. The first-order chi connectivity index (χ1) is 10.8. The van der Waals surface area contributed by atoms with E-state index in [1.807, 2.05) is 24.3 Å². The van der Waals surface area contributed by atoms with Crippen molar-refractivity contribution in [2.75, 3.05) is 0 Å². The van der Waals surface area contributed by atoms with Crippen LogP contribution in [-0.2, 0) is 6.42 Å². The average molecular weight is 288 g/mol. The van der Waals surface area contributed by atoms with Crippen LogP contribution in [0.4, 0.5) is 0 Å². The molecule has 0 aliphatic rings. The predicted molar refractivity (Wildman–Crippen MR) is 91.6 cm³/mol. The second kappa shape index (κ2) is 8.60. The maximum atomic E-state index is 5.08. The van der Waals surface area contributed by atoms with Crippen LogP contribution in [0.2, 0.25) is 0 Å². The first kappa shape index (κ1) is 15.7. The molecule has 0 amide bonds. The minimum atomic E-state index is 0.657. The van der Waals surface area contributed by atoms with Gasteiger partial charge in [0.1, 0.15) is 11.9 Å². The van der Waals surface area contributed by atoms with Gasteiger partial charge in [-0.1, -0.05) is 50.2 Å². The molecule has 0 saturated heterocycles. The van der Waals surface area contributed by atoms with Gasteiger partial charge in [0.05, 0.1) is 0 Å². The van der Waals surface area contributed by atoms with Gasteiger partial charge in [0.25, 0.3) is 0 Å². The summed E-state index contributed by atoms with van der Waals surface area (Å²) in [6, 6.07) is 16.0. The third kappa shape index (κ3) is 5.04. The molecule has 0 aliphatic heterocycles.